The van der Waals surface area contributed by atoms with Gasteiger partial charge in [-0.2, -0.15) is 0 Å². The van der Waals surface area contributed by atoms with Gasteiger partial charge in [-0.1, -0.05) is 23.7 Å². The van der Waals surface area contributed by atoms with E-state index in [1.807, 2.05) is 0 Å². The Kier molecular flexibility index (Phi) is 3.93. The van der Waals surface area contributed by atoms with Crippen molar-refractivity contribution in [2.45, 2.75) is 18.6 Å². The molecule has 2 aromatic rings. The standard InChI is InChI=1S/C16H16ClFN2O2/c1-19-8-11(17)6-15(19)16(22)20-9-13(21)7-14(20)10-3-2-4-12(18)5-10/h2-6,8,13-14,21H,7,9H2,1H3/t13-,14+/m1/s1. The van der Waals surface area contributed by atoms with Crippen molar-refractivity contribution >= 4 is 17.5 Å². The fourth-order valence-electron chi connectivity index (χ4n) is 2.95. The smallest absolute Gasteiger partial charge is 0.271 e. The van der Waals surface area contributed by atoms with Crippen molar-refractivity contribution in [3.8, 4) is 0 Å². The SMILES string of the molecule is Cn1cc(Cl)cc1C(=O)N1C[C@H](O)C[C@H]1c1cccc(F)c1. The zero-order valence-electron chi connectivity index (χ0n) is 12.0. The lowest BCUT2D eigenvalue weighted by molar-refractivity contribution is 0.0706. The van der Waals surface area contributed by atoms with Crippen molar-refractivity contribution in [3.63, 3.8) is 0 Å². The highest BCUT2D eigenvalue weighted by atomic mass is 35.5. The average molecular weight is 323 g/mol. The molecule has 2 heterocycles. The largest absolute Gasteiger partial charge is 0.391 e. The van der Waals surface area contributed by atoms with Crippen LogP contribution in [-0.2, 0) is 7.05 Å². The lowest BCUT2D eigenvalue weighted by Gasteiger charge is -2.25. The van der Waals surface area contributed by atoms with Crippen LogP contribution in [0, 0.1) is 5.82 Å². The molecule has 2 atom stereocenters. The third-order valence-electron chi connectivity index (χ3n) is 3.96. The van der Waals surface area contributed by atoms with Crippen LogP contribution in [0.1, 0.15) is 28.5 Å². The number of benzene rings is 1. The summed E-state index contributed by atoms with van der Waals surface area (Å²) in [5.41, 5.74) is 1.13. The summed E-state index contributed by atoms with van der Waals surface area (Å²) in [6, 6.07) is 7.39. The first kappa shape index (κ1) is 15.1. The molecule has 6 heteroatoms. The predicted octanol–water partition coefficient (Wildman–Crippen LogP) is 2.77. The number of carbonyl (C=O) groups excluding carboxylic acids is 1. The molecule has 1 aromatic heterocycles. The van der Waals surface area contributed by atoms with Gasteiger partial charge in [0.2, 0.25) is 0 Å². The van der Waals surface area contributed by atoms with Crippen LogP contribution in [0.25, 0.3) is 0 Å². The zero-order valence-corrected chi connectivity index (χ0v) is 12.8. The zero-order chi connectivity index (χ0) is 15.9. The van der Waals surface area contributed by atoms with Gasteiger partial charge in [-0.05, 0) is 30.2 Å². The molecule has 0 bridgehead atoms. The third kappa shape index (κ3) is 2.74. The number of rotatable bonds is 2. The highest BCUT2D eigenvalue weighted by molar-refractivity contribution is 6.31. The second-order valence-electron chi connectivity index (χ2n) is 5.57. The molecule has 116 valence electrons. The molecule has 1 saturated heterocycles. The number of carbonyl (C=O) groups is 1. The summed E-state index contributed by atoms with van der Waals surface area (Å²) in [6.45, 7) is 0.225. The number of halogens is 2. The van der Waals surface area contributed by atoms with Gasteiger partial charge in [0.25, 0.3) is 5.91 Å². The Labute approximate surface area is 132 Å². The third-order valence-corrected chi connectivity index (χ3v) is 4.17. The highest BCUT2D eigenvalue weighted by Crippen LogP contribution is 2.34. The van der Waals surface area contributed by atoms with Crippen LogP contribution >= 0.6 is 11.6 Å². The number of aromatic nitrogens is 1. The molecule has 0 spiro atoms. The summed E-state index contributed by atoms with van der Waals surface area (Å²) in [5.74, 6) is -0.576. The molecule has 1 aliphatic rings. The molecule has 1 aliphatic heterocycles. The average Bonchev–Trinajstić information content (AvgIpc) is 3.01. The quantitative estimate of drug-likeness (QED) is 0.924. The Bertz CT molecular complexity index is 716. The molecule has 1 fully saturated rings. The van der Waals surface area contributed by atoms with E-state index in [-0.39, 0.29) is 24.3 Å². The fraction of sp³-hybridized carbons (Fsp3) is 0.312. The van der Waals surface area contributed by atoms with Gasteiger partial charge in [-0.3, -0.25) is 4.79 Å². The van der Waals surface area contributed by atoms with Crippen molar-refractivity contribution in [2.24, 2.45) is 7.05 Å². The van der Waals surface area contributed by atoms with E-state index in [1.165, 1.54) is 12.1 Å². The molecule has 1 N–H and O–H groups in total. The van der Waals surface area contributed by atoms with E-state index in [0.717, 1.165) is 0 Å². The van der Waals surface area contributed by atoms with Gasteiger partial charge < -0.3 is 14.6 Å². The van der Waals surface area contributed by atoms with Crippen LogP contribution in [-0.4, -0.2) is 33.1 Å². The second-order valence-corrected chi connectivity index (χ2v) is 6.01. The van der Waals surface area contributed by atoms with E-state index in [2.05, 4.69) is 0 Å². The van der Waals surface area contributed by atoms with Crippen LogP contribution in [0.2, 0.25) is 5.02 Å². The first-order valence-electron chi connectivity index (χ1n) is 7.02. The molecule has 0 radical (unpaired) electrons. The van der Waals surface area contributed by atoms with E-state index >= 15 is 0 Å². The van der Waals surface area contributed by atoms with Crippen LogP contribution < -0.4 is 0 Å². The molecule has 1 aromatic carbocycles. The van der Waals surface area contributed by atoms with E-state index < -0.39 is 6.10 Å². The fourth-order valence-corrected chi connectivity index (χ4v) is 3.20. The maximum atomic E-state index is 13.4. The maximum absolute atomic E-state index is 13.4. The molecule has 22 heavy (non-hydrogen) atoms. The van der Waals surface area contributed by atoms with Crippen molar-refractivity contribution in [3.05, 3.63) is 58.6 Å². The van der Waals surface area contributed by atoms with Gasteiger partial charge >= 0.3 is 0 Å². The Hall–Kier alpha value is -1.85. The Balaban J connectivity index is 1.94. The lowest BCUT2D eigenvalue weighted by Crippen LogP contribution is -2.33. The van der Waals surface area contributed by atoms with Gasteiger partial charge in [-0.25, -0.2) is 4.39 Å². The van der Waals surface area contributed by atoms with Crippen molar-refractivity contribution < 1.29 is 14.3 Å². The van der Waals surface area contributed by atoms with E-state index in [1.54, 1.807) is 40.9 Å². The minimum absolute atomic E-state index is 0.222. The Morgan fingerprint density at radius 3 is 2.82 bits per heavy atom. The molecule has 0 unspecified atom stereocenters. The van der Waals surface area contributed by atoms with Gasteiger partial charge in [0.1, 0.15) is 11.5 Å². The minimum atomic E-state index is -0.618. The van der Waals surface area contributed by atoms with Gasteiger partial charge in [-0.15, -0.1) is 0 Å². The predicted molar refractivity (Wildman–Crippen MR) is 81.2 cm³/mol. The first-order chi connectivity index (χ1) is 10.5. The summed E-state index contributed by atoms with van der Waals surface area (Å²) in [4.78, 5) is 14.3. The summed E-state index contributed by atoms with van der Waals surface area (Å²) in [6.07, 6.45) is 1.43. The number of aliphatic hydroxyl groups excluding tert-OH is 1. The van der Waals surface area contributed by atoms with Crippen molar-refractivity contribution in [1.29, 1.82) is 0 Å². The molecule has 0 aliphatic carbocycles. The minimum Gasteiger partial charge on any atom is -0.391 e. The summed E-state index contributed by atoms with van der Waals surface area (Å²) in [5, 5.41) is 10.4. The number of amides is 1. The van der Waals surface area contributed by atoms with Crippen LogP contribution in [0.4, 0.5) is 4.39 Å². The summed E-state index contributed by atoms with van der Waals surface area (Å²) >= 11 is 5.93. The number of hydrogen-bond donors (Lipinski definition) is 1. The molecular weight excluding hydrogens is 307 g/mol. The lowest BCUT2D eigenvalue weighted by atomic mass is 10.0. The number of aryl methyl sites for hydroxylation is 1. The molecule has 4 nitrogen and oxygen atoms in total. The van der Waals surface area contributed by atoms with Crippen LogP contribution in [0.3, 0.4) is 0 Å². The van der Waals surface area contributed by atoms with Gasteiger partial charge in [0.05, 0.1) is 17.2 Å². The molecule has 1 amide bonds. The van der Waals surface area contributed by atoms with E-state index in [9.17, 15) is 14.3 Å². The van der Waals surface area contributed by atoms with Gasteiger partial charge in [0.15, 0.2) is 0 Å². The van der Waals surface area contributed by atoms with Crippen molar-refractivity contribution in [2.75, 3.05) is 6.54 Å². The van der Waals surface area contributed by atoms with E-state index in [4.69, 9.17) is 11.6 Å². The van der Waals surface area contributed by atoms with E-state index in [0.29, 0.717) is 22.7 Å². The van der Waals surface area contributed by atoms with Crippen molar-refractivity contribution in [1.82, 2.24) is 9.47 Å². The number of likely N-dealkylation sites (tertiary alicyclic amines) is 1. The highest BCUT2D eigenvalue weighted by Gasteiger charge is 2.36. The monoisotopic (exact) mass is 322 g/mol. The number of aliphatic hydroxyl groups is 1. The molecule has 0 saturated carbocycles. The Morgan fingerprint density at radius 1 is 1.41 bits per heavy atom. The first-order valence-corrected chi connectivity index (χ1v) is 7.40. The number of hydrogen-bond acceptors (Lipinski definition) is 2. The van der Waals surface area contributed by atoms with Gasteiger partial charge in [0, 0.05) is 19.8 Å². The Morgan fingerprint density at radius 2 is 2.18 bits per heavy atom. The van der Waals surface area contributed by atoms with Crippen LogP contribution in [0.5, 0.6) is 0 Å². The van der Waals surface area contributed by atoms with Crippen LogP contribution in [0.15, 0.2) is 36.5 Å². The topological polar surface area (TPSA) is 45.5 Å². The molecular formula is C16H16ClFN2O2. The summed E-state index contributed by atoms with van der Waals surface area (Å²) < 4.78 is 15.1. The molecule has 3 rings (SSSR count). The summed E-state index contributed by atoms with van der Waals surface area (Å²) in [7, 11) is 1.74. The maximum Gasteiger partial charge on any atom is 0.271 e. The second kappa shape index (κ2) is 5.74. The number of β-amino-alcohol motifs (C(OH)–C–C–N with tert-alkyl or cyclic N) is 1. The normalized spacial score (nSPS) is 21.4. The number of nitrogens with zero attached hydrogens (tertiary/aromatic N) is 2.